The molecule has 5 nitrogen and oxygen atoms in total. The third-order valence-electron chi connectivity index (χ3n) is 2.89. The summed E-state index contributed by atoms with van der Waals surface area (Å²) in [5.41, 5.74) is 1.48. The summed E-state index contributed by atoms with van der Waals surface area (Å²) in [6, 6.07) is 4.43. The Morgan fingerprint density at radius 3 is 2.88 bits per heavy atom. The van der Waals surface area contributed by atoms with Crippen LogP contribution in [0.25, 0.3) is 0 Å². The molecule has 0 spiro atoms. The molecule has 1 saturated heterocycles. The van der Waals surface area contributed by atoms with Crippen molar-refractivity contribution < 1.29 is 15.0 Å². The zero-order valence-electron chi connectivity index (χ0n) is 9.60. The summed E-state index contributed by atoms with van der Waals surface area (Å²) >= 11 is 0. The first-order valence-corrected chi connectivity index (χ1v) is 5.58. The second-order valence-corrected chi connectivity index (χ2v) is 4.34. The van der Waals surface area contributed by atoms with Gasteiger partial charge in [0.25, 0.3) is 0 Å². The molecule has 1 aliphatic heterocycles. The number of aromatic hydroxyl groups is 1. The smallest absolute Gasteiger partial charge is 0.241 e. The number of β-amino-alcohol motifs (C(OH)–C–C–N with tert-alkyl or cyclic N) is 1. The second-order valence-electron chi connectivity index (χ2n) is 4.34. The number of hydrogen-bond acceptors (Lipinski definition) is 4. The number of hydrogen-bond donors (Lipinski definition) is 4. The van der Waals surface area contributed by atoms with Crippen molar-refractivity contribution in [2.75, 3.05) is 11.9 Å². The van der Waals surface area contributed by atoms with E-state index in [4.69, 9.17) is 0 Å². The van der Waals surface area contributed by atoms with Crippen LogP contribution in [0.4, 0.5) is 5.69 Å². The topological polar surface area (TPSA) is 81.6 Å². The molecule has 1 fully saturated rings. The first-order valence-electron chi connectivity index (χ1n) is 5.58. The van der Waals surface area contributed by atoms with Gasteiger partial charge in [-0.05, 0) is 37.1 Å². The zero-order chi connectivity index (χ0) is 12.4. The number of nitrogens with one attached hydrogen (secondary N) is 2. The monoisotopic (exact) mass is 236 g/mol. The molecule has 2 rings (SSSR count). The van der Waals surface area contributed by atoms with Gasteiger partial charge in [0, 0.05) is 12.2 Å². The van der Waals surface area contributed by atoms with Crippen molar-refractivity contribution in [1.82, 2.24) is 5.32 Å². The summed E-state index contributed by atoms with van der Waals surface area (Å²) in [7, 11) is 0. The van der Waals surface area contributed by atoms with E-state index in [1.807, 2.05) is 6.92 Å². The third-order valence-corrected chi connectivity index (χ3v) is 2.89. The maximum absolute atomic E-state index is 11.9. The molecule has 4 N–H and O–H groups in total. The summed E-state index contributed by atoms with van der Waals surface area (Å²) in [6.07, 6.45) is -0.0187. The number of phenolic OH excluding ortho intramolecular Hbond substituents is 1. The second kappa shape index (κ2) is 4.73. The molecular formula is C12H16N2O3. The molecule has 2 unspecified atom stereocenters. The van der Waals surface area contributed by atoms with E-state index in [1.54, 1.807) is 12.1 Å². The zero-order valence-corrected chi connectivity index (χ0v) is 9.60. The minimum atomic E-state index is -0.452. The van der Waals surface area contributed by atoms with Crippen LogP contribution in [0.1, 0.15) is 12.0 Å². The van der Waals surface area contributed by atoms with Crippen LogP contribution in [0.5, 0.6) is 5.75 Å². The number of amides is 1. The van der Waals surface area contributed by atoms with Gasteiger partial charge in [0.05, 0.1) is 12.1 Å². The summed E-state index contributed by atoms with van der Waals surface area (Å²) < 4.78 is 0. The standard InChI is InChI=1S/C12H16N2O3/c1-7-4-8(15)2-3-10(7)14-12(17)11-5-9(16)6-13-11/h2-4,9,11,13,15-16H,5-6H2,1H3,(H,14,17). The van der Waals surface area contributed by atoms with Gasteiger partial charge in [0.1, 0.15) is 5.75 Å². The summed E-state index contributed by atoms with van der Waals surface area (Å²) in [5, 5.41) is 24.3. The van der Waals surface area contributed by atoms with Gasteiger partial charge in [-0.15, -0.1) is 0 Å². The van der Waals surface area contributed by atoms with Crippen LogP contribution in [-0.4, -0.2) is 34.8 Å². The van der Waals surface area contributed by atoms with Crippen molar-refractivity contribution >= 4 is 11.6 Å². The predicted octanol–water partition coefficient (Wildman–Crippen LogP) is 0.362. The number of aliphatic hydroxyl groups excluding tert-OH is 1. The fourth-order valence-electron chi connectivity index (χ4n) is 1.92. The molecule has 0 bridgehead atoms. The highest BCUT2D eigenvalue weighted by Crippen LogP contribution is 2.20. The largest absolute Gasteiger partial charge is 0.508 e. The van der Waals surface area contributed by atoms with Crippen molar-refractivity contribution in [3.05, 3.63) is 23.8 Å². The minimum absolute atomic E-state index is 0.157. The van der Waals surface area contributed by atoms with Crippen LogP contribution in [0.3, 0.4) is 0 Å². The van der Waals surface area contributed by atoms with Gasteiger partial charge in [0.2, 0.25) is 5.91 Å². The lowest BCUT2D eigenvalue weighted by Gasteiger charge is -2.12. The van der Waals surface area contributed by atoms with Crippen molar-refractivity contribution in [3.8, 4) is 5.75 Å². The van der Waals surface area contributed by atoms with Crippen LogP contribution >= 0.6 is 0 Å². The molecule has 5 heteroatoms. The Morgan fingerprint density at radius 1 is 1.53 bits per heavy atom. The van der Waals surface area contributed by atoms with Crippen LogP contribution in [-0.2, 0) is 4.79 Å². The van der Waals surface area contributed by atoms with Crippen molar-refractivity contribution in [3.63, 3.8) is 0 Å². The molecule has 92 valence electrons. The van der Waals surface area contributed by atoms with E-state index < -0.39 is 6.10 Å². The van der Waals surface area contributed by atoms with Crippen LogP contribution in [0, 0.1) is 6.92 Å². The van der Waals surface area contributed by atoms with Crippen molar-refractivity contribution in [2.24, 2.45) is 0 Å². The average Bonchev–Trinajstić information content (AvgIpc) is 2.69. The third kappa shape index (κ3) is 2.75. The first-order chi connectivity index (χ1) is 8.06. The normalized spacial score (nSPS) is 23.6. The predicted molar refractivity (Wildman–Crippen MR) is 63.9 cm³/mol. The SMILES string of the molecule is Cc1cc(O)ccc1NC(=O)C1CC(O)CN1. The molecule has 1 heterocycles. The first kappa shape index (κ1) is 11.9. The van der Waals surface area contributed by atoms with Gasteiger partial charge in [0.15, 0.2) is 0 Å². The molecule has 17 heavy (non-hydrogen) atoms. The van der Waals surface area contributed by atoms with Crippen LogP contribution in [0.2, 0.25) is 0 Å². The summed E-state index contributed by atoms with van der Waals surface area (Å²) in [5.74, 6) is 0.0188. The molecule has 0 aliphatic carbocycles. The molecule has 1 aromatic carbocycles. The molecule has 0 radical (unpaired) electrons. The lowest BCUT2D eigenvalue weighted by Crippen LogP contribution is -2.35. The number of aryl methyl sites for hydroxylation is 1. The Kier molecular flexibility index (Phi) is 3.31. The number of rotatable bonds is 2. The summed E-state index contributed by atoms with van der Waals surface area (Å²) in [6.45, 7) is 2.26. The number of carbonyl (C=O) groups excluding carboxylic acids is 1. The van der Waals surface area contributed by atoms with E-state index in [2.05, 4.69) is 10.6 Å². The van der Waals surface area contributed by atoms with Crippen molar-refractivity contribution in [2.45, 2.75) is 25.5 Å². The maximum Gasteiger partial charge on any atom is 0.241 e. The quantitative estimate of drug-likeness (QED) is 0.559. The Bertz CT molecular complexity index is 434. The van der Waals surface area contributed by atoms with Gasteiger partial charge in [-0.1, -0.05) is 0 Å². The van der Waals surface area contributed by atoms with Crippen LogP contribution in [0.15, 0.2) is 18.2 Å². The van der Waals surface area contributed by atoms with E-state index in [-0.39, 0.29) is 17.7 Å². The highest BCUT2D eigenvalue weighted by molar-refractivity contribution is 5.95. The highest BCUT2D eigenvalue weighted by atomic mass is 16.3. The Hall–Kier alpha value is -1.59. The molecule has 1 amide bonds. The Balaban J connectivity index is 2.03. The lowest BCUT2D eigenvalue weighted by molar-refractivity contribution is -0.117. The van der Waals surface area contributed by atoms with E-state index >= 15 is 0 Å². The van der Waals surface area contributed by atoms with Gasteiger partial charge in [-0.2, -0.15) is 0 Å². The van der Waals surface area contributed by atoms with Gasteiger partial charge in [-0.25, -0.2) is 0 Å². The number of carbonyl (C=O) groups is 1. The number of phenols is 1. The molecular weight excluding hydrogens is 220 g/mol. The number of aliphatic hydroxyl groups is 1. The van der Waals surface area contributed by atoms with E-state index in [9.17, 15) is 15.0 Å². The Labute approximate surface area is 99.5 Å². The van der Waals surface area contributed by atoms with Gasteiger partial charge in [-0.3, -0.25) is 4.79 Å². The van der Waals surface area contributed by atoms with E-state index in [1.165, 1.54) is 6.07 Å². The fraction of sp³-hybridized carbons (Fsp3) is 0.417. The molecule has 1 aromatic rings. The van der Waals surface area contributed by atoms with Gasteiger partial charge >= 0.3 is 0 Å². The van der Waals surface area contributed by atoms with Crippen LogP contribution < -0.4 is 10.6 Å². The number of benzene rings is 1. The average molecular weight is 236 g/mol. The highest BCUT2D eigenvalue weighted by Gasteiger charge is 2.28. The van der Waals surface area contributed by atoms with E-state index in [0.717, 1.165) is 5.56 Å². The van der Waals surface area contributed by atoms with E-state index in [0.29, 0.717) is 18.7 Å². The minimum Gasteiger partial charge on any atom is -0.508 e. The van der Waals surface area contributed by atoms with Gasteiger partial charge < -0.3 is 20.8 Å². The Morgan fingerprint density at radius 2 is 2.29 bits per heavy atom. The molecule has 0 saturated carbocycles. The number of anilines is 1. The fourth-order valence-corrected chi connectivity index (χ4v) is 1.92. The molecule has 2 atom stereocenters. The lowest BCUT2D eigenvalue weighted by atomic mass is 10.1. The molecule has 1 aliphatic rings. The maximum atomic E-state index is 11.9. The van der Waals surface area contributed by atoms with Crippen molar-refractivity contribution in [1.29, 1.82) is 0 Å². The molecule has 0 aromatic heterocycles. The summed E-state index contributed by atoms with van der Waals surface area (Å²) in [4.78, 5) is 11.9.